The number of carbonyl (C=O) groups is 4. The zero-order valence-corrected chi connectivity index (χ0v) is 24.6. The quantitative estimate of drug-likeness (QED) is 0.0730. The largest absolute Gasteiger partial charge is 0.481 e. The maximum Gasteiger partial charge on any atom is 0.305 e. The van der Waals surface area contributed by atoms with Gasteiger partial charge in [0.05, 0.1) is 0 Å². The third-order valence-electron chi connectivity index (χ3n) is 7.05. The molecule has 228 valence electrons. The lowest BCUT2D eigenvalue weighted by molar-refractivity contribution is -0.145. The number of carbonyl (C=O) groups excluding carboxylic acids is 3. The molecule has 0 saturated heterocycles. The summed E-state index contributed by atoms with van der Waals surface area (Å²) < 4.78 is 5.07. The molecule has 0 aromatic rings. The summed E-state index contributed by atoms with van der Waals surface area (Å²) in [5, 5.41) is 11.0. The van der Waals surface area contributed by atoms with Crippen LogP contribution >= 0.6 is 0 Å². The number of unbranched alkanes of at least 4 members (excludes halogenated alkanes) is 18. The minimum atomic E-state index is -1.16. The van der Waals surface area contributed by atoms with Gasteiger partial charge in [0.25, 0.3) is 0 Å². The van der Waals surface area contributed by atoms with Crippen LogP contribution < -0.4 is 16.8 Å². The van der Waals surface area contributed by atoms with E-state index >= 15 is 0 Å². The van der Waals surface area contributed by atoms with Gasteiger partial charge in [-0.2, -0.15) is 0 Å². The van der Waals surface area contributed by atoms with Gasteiger partial charge in [-0.25, -0.2) is 0 Å². The van der Waals surface area contributed by atoms with Crippen LogP contribution in [-0.4, -0.2) is 47.6 Å². The second kappa shape index (κ2) is 26.1. The van der Waals surface area contributed by atoms with E-state index in [2.05, 4.69) is 12.2 Å². The molecule has 9 nitrogen and oxygen atoms in total. The first kappa shape index (κ1) is 36.8. The first-order valence-electron chi connectivity index (χ1n) is 15.5. The van der Waals surface area contributed by atoms with E-state index < -0.39 is 35.8 Å². The lowest BCUT2D eigenvalue weighted by Gasteiger charge is -2.18. The summed E-state index contributed by atoms with van der Waals surface area (Å²) >= 11 is 0. The zero-order chi connectivity index (χ0) is 29.1. The van der Waals surface area contributed by atoms with E-state index in [0.717, 1.165) is 19.3 Å². The van der Waals surface area contributed by atoms with Gasteiger partial charge in [0.1, 0.15) is 18.7 Å². The number of hydrogen-bond acceptors (Lipinski definition) is 6. The highest BCUT2D eigenvalue weighted by Crippen LogP contribution is 2.15. The van der Waals surface area contributed by atoms with Crippen molar-refractivity contribution in [3.63, 3.8) is 0 Å². The standard InChI is InChI=1S/C30H57N3O6/c1-2-3-4-5-6-7-8-9-10-11-12-13-14-15-16-17-18-19-20-21-28(36)39-24-25(31)30(38)33-26(29(32)37)22-23-27(34)35/h25-26H,2-24,31H2,1H3,(H2,32,37)(H,33,38)(H,34,35)/t25-,26+/m0/s1. The number of esters is 1. The molecule has 0 aromatic carbocycles. The summed E-state index contributed by atoms with van der Waals surface area (Å²) in [7, 11) is 0. The molecule has 0 aliphatic carbocycles. The predicted octanol–water partition coefficient (Wildman–Crippen LogP) is 5.51. The Labute approximate surface area is 236 Å². The zero-order valence-electron chi connectivity index (χ0n) is 24.6. The van der Waals surface area contributed by atoms with Crippen LogP contribution in [0.1, 0.15) is 148 Å². The number of nitrogens with one attached hydrogen (secondary N) is 1. The SMILES string of the molecule is CCCCCCCCCCCCCCCCCCCCCC(=O)OC[C@H](N)C(=O)N[C@H](CCC(=O)O)C(N)=O. The van der Waals surface area contributed by atoms with Crippen molar-refractivity contribution in [2.45, 2.75) is 160 Å². The summed E-state index contributed by atoms with van der Waals surface area (Å²) in [6, 6.07) is -2.30. The molecule has 0 heterocycles. The third-order valence-corrected chi connectivity index (χ3v) is 7.05. The molecule has 0 bridgehead atoms. The molecule has 0 aromatic heterocycles. The Balaban J connectivity index is 3.56. The highest BCUT2D eigenvalue weighted by Gasteiger charge is 2.23. The van der Waals surface area contributed by atoms with Crippen LogP contribution in [0.15, 0.2) is 0 Å². The van der Waals surface area contributed by atoms with E-state index in [-0.39, 0.29) is 25.9 Å². The molecule has 0 spiro atoms. The number of nitrogens with two attached hydrogens (primary N) is 2. The van der Waals surface area contributed by atoms with E-state index in [4.69, 9.17) is 21.3 Å². The smallest absolute Gasteiger partial charge is 0.305 e. The Kier molecular flexibility index (Phi) is 24.6. The van der Waals surface area contributed by atoms with Gasteiger partial charge < -0.3 is 26.6 Å². The third kappa shape index (κ3) is 24.6. The molecule has 9 heteroatoms. The Hall–Kier alpha value is -2.16. The van der Waals surface area contributed by atoms with E-state index in [0.29, 0.717) is 0 Å². The molecule has 0 radical (unpaired) electrons. The molecule has 0 unspecified atom stereocenters. The van der Waals surface area contributed by atoms with Crippen molar-refractivity contribution in [1.29, 1.82) is 0 Å². The number of amides is 2. The van der Waals surface area contributed by atoms with Gasteiger partial charge in [-0.1, -0.05) is 122 Å². The molecule has 2 amide bonds. The fourth-order valence-electron chi connectivity index (χ4n) is 4.51. The van der Waals surface area contributed by atoms with Gasteiger partial charge in [0.2, 0.25) is 11.8 Å². The molecular weight excluding hydrogens is 498 g/mol. The van der Waals surface area contributed by atoms with Gasteiger partial charge in [-0.05, 0) is 12.8 Å². The molecule has 6 N–H and O–H groups in total. The van der Waals surface area contributed by atoms with Crippen molar-refractivity contribution >= 4 is 23.8 Å². The summed E-state index contributed by atoms with van der Waals surface area (Å²) in [4.78, 5) is 46.0. The van der Waals surface area contributed by atoms with Gasteiger partial charge in [0, 0.05) is 12.8 Å². The molecular formula is C30H57N3O6. The number of carboxylic acids is 1. The normalized spacial score (nSPS) is 12.6. The minimum Gasteiger partial charge on any atom is -0.481 e. The topological polar surface area (TPSA) is 162 Å². The van der Waals surface area contributed by atoms with Crippen molar-refractivity contribution in [2.24, 2.45) is 11.5 Å². The molecule has 0 saturated carbocycles. The van der Waals surface area contributed by atoms with Gasteiger partial charge in [-0.3, -0.25) is 19.2 Å². The number of ether oxygens (including phenoxy) is 1. The minimum absolute atomic E-state index is 0.137. The van der Waals surface area contributed by atoms with Crippen LogP contribution in [0.2, 0.25) is 0 Å². The van der Waals surface area contributed by atoms with Crippen LogP contribution in [0, 0.1) is 0 Å². The van der Waals surface area contributed by atoms with Crippen LogP contribution in [-0.2, 0) is 23.9 Å². The Morgan fingerprint density at radius 3 is 1.49 bits per heavy atom. The number of primary amides is 1. The summed E-state index contributed by atoms with van der Waals surface area (Å²) in [5.41, 5.74) is 10.9. The van der Waals surface area contributed by atoms with Crippen LogP contribution in [0.25, 0.3) is 0 Å². The number of aliphatic carboxylic acids is 1. The molecule has 2 atom stereocenters. The first-order valence-corrected chi connectivity index (χ1v) is 15.5. The van der Waals surface area contributed by atoms with Crippen LogP contribution in [0.3, 0.4) is 0 Å². The van der Waals surface area contributed by atoms with E-state index in [9.17, 15) is 19.2 Å². The molecule has 39 heavy (non-hydrogen) atoms. The highest BCUT2D eigenvalue weighted by molar-refractivity contribution is 5.89. The Morgan fingerprint density at radius 1 is 0.692 bits per heavy atom. The van der Waals surface area contributed by atoms with Crippen molar-refractivity contribution in [1.82, 2.24) is 5.32 Å². The molecule has 0 aliphatic rings. The van der Waals surface area contributed by atoms with Gasteiger partial charge in [0.15, 0.2) is 0 Å². The van der Waals surface area contributed by atoms with Crippen LogP contribution in [0.4, 0.5) is 0 Å². The molecule has 0 rings (SSSR count). The Morgan fingerprint density at radius 2 is 1.10 bits per heavy atom. The maximum absolute atomic E-state index is 12.1. The monoisotopic (exact) mass is 555 g/mol. The highest BCUT2D eigenvalue weighted by atomic mass is 16.5. The van der Waals surface area contributed by atoms with Gasteiger partial charge >= 0.3 is 11.9 Å². The van der Waals surface area contributed by atoms with Crippen molar-refractivity contribution in [2.75, 3.05) is 6.61 Å². The number of carboxylic acid groups (broad SMARTS) is 1. The van der Waals surface area contributed by atoms with E-state index in [1.807, 2.05) is 0 Å². The second-order valence-electron chi connectivity index (χ2n) is 10.8. The average molecular weight is 556 g/mol. The predicted molar refractivity (Wildman–Crippen MR) is 155 cm³/mol. The first-order chi connectivity index (χ1) is 18.8. The maximum atomic E-state index is 12.1. The summed E-state index contributed by atoms with van der Waals surface area (Å²) in [6.45, 7) is 1.95. The van der Waals surface area contributed by atoms with Crippen molar-refractivity contribution in [3.05, 3.63) is 0 Å². The van der Waals surface area contributed by atoms with Crippen molar-refractivity contribution in [3.8, 4) is 0 Å². The number of rotatable bonds is 28. The lowest BCUT2D eigenvalue weighted by Crippen LogP contribution is -2.52. The molecule has 0 aliphatic heterocycles. The summed E-state index contributed by atoms with van der Waals surface area (Å²) in [5.74, 6) is -3.09. The fraction of sp³-hybridized carbons (Fsp3) is 0.867. The second-order valence-corrected chi connectivity index (χ2v) is 10.8. The van der Waals surface area contributed by atoms with Crippen LogP contribution in [0.5, 0.6) is 0 Å². The number of hydrogen-bond donors (Lipinski definition) is 4. The Bertz CT molecular complexity index is 659. The van der Waals surface area contributed by atoms with Gasteiger partial charge in [-0.15, -0.1) is 0 Å². The summed E-state index contributed by atoms with van der Waals surface area (Å²) in [6.07, 6.45) is 24.3. The van der Waals surface area contributed by atoms with E-state index in [1.54, 1.807) is 0 Å². The van der Waals surface area contributed by atoms with E-state index in [1.165, 1.54) is 103 Å². The van der Waals surface area contributed by atoms with Crippen molar-refractivity contribution < 1.29 is 29.0 Å². The fourth-order valence-corrected chi connectivity index (χ4v) is 4.51. The molecule has 0 fully saturated rings. The average Bonchev–Trinajstić information content (AvgIpc) is 2.90. The lowest BCUT2D eigenvalue weighted by atomic mass is 10.0.